The lowest BCUT2D eigenvalue weighted by Crippen LogP contribution is -2.44. The van der Waals surface area contributed by atoms with Crippen LogP contribution in [-0.2, 0) is 17.9 Å². The highest BCUT2D eigenvalue weighted by Gasteiger charge is 2.31. The van der Waals surface area contributed by atoms with Gasteiger partial charge in [-0.1, -0.05) is 30.3 Å². The van der Waals surface area contributed by atoms with Gasteiger partial charge < -0.3 is 15.4 Å². The van der Waals surface area contributed by atoms with Crippen LogP contribution >= 0.6 is 35.3 Å². The number of benzene rings is 1. The van der Waals surface area contributed by atoms with Crippen LogP contribution in [-0.4, -0.2) is 44.7 Å². The summed E-state index contributed by atoms with van der Waals surface area (Å²) in [6, 6.07) is 13.5. The second kappa shape index (κ2) is 13.3. The molecule has 5 nitrogen and oxygen atoms in total. The molecule has 1 fully saturated rings. The van der Waals surface area contributed by atoms with E-state index in [9.17, 15) is 0 Å². The first kappa shape index (κ1) is 25.1. The minimum Gasteiger partial charge on any atom is -0.377 e. The fraction of sp³-hybridized carbons (Fsp3) is 0.522. The van der Waals surface area contributed by atoms with E-state index in [1.807, 2.05) is 25.3 Å². The van der Waals surface area contributed by atoms with Crippen molar-refractivity contribution in [1.29, 1.82) is 0 Å². The molecule has 0 bridgehead atoms. The fourth-order valence-corrected chi connectivity index (χ4v) is 4.97. The maximum Gasteiger partial charge on any atom is 0.191 e. The smallest absolute Gasteiger partial charge is 0.191 e. The second-order valence-electron chi connectivity index (χ2n) is 7.60. The molecular weight excluding hydrogens is 507 g/mol. The number of thiophene rings is 1. The monoisotopic (exact) mass is 542 g/mol. The molecule has 30 heavy (non-hydrogen) atoms. The number of likely N-dealkylation sites (tertiary alicyclic amines) is 1. The average molecular weight is 543 g/mol. The third-order valence-electron chi connectivity index (χ3n) is 5.55. The molecular formula is C23H35IN4OS. The van der Waals surface area contributed by atoms with Gasteiger partial charge in [0.15, 0.2) is 5.96 Å². The Morgan fingerprint density at radius 1 is 1.20 bits per heavy atom. The Morgan fingerprint density at radius 3 is 2.63 bits per heavy atom. The lowest BCUT2D eigenvalue weighted by Gasteiger charge is -2.39. The van der Waals surface area contributed by atoms with Crippen LogP contribution < -0.4 is 10.6 Å². The Hall–Kier alpha value is -1.16. The maximum atomic E-state index is 5.46. The normalized spacial score (nSPS) is 19.9. The Bertz CT molecular complexity index is 751. The van der Waals surface area contributed by atoms with Gasteiger partial charge in [0.2, 0.25) is 0 Å². The van der Waals surface area contributed by atoms with E-state index in [2.05, 4.69) is 69.4 Å². The van der Waals surface area contributed by atoms with Crippen molar-refractivity contribution < 1.29 is 4.74 Å². The van der Waals surface area contributed by atoms with E-state index in [0.717, 1.165) is 25.7 Å². The molecule has 0 saturated carbocycles. The molecule has 0 spiro atoms. The van der Waals surface area contributed by atoms with Gasteiger partial charge in [0.1, 0.15) is 0 Å². The summed E-state index contributed by atoms with van der Waals surface area (Å²) in [7, 11) is 4.09. The van der Waals surface area contributed by atoms with E-state index in [1.54, 1.807) is 0 Å². The molecule has 2 atom stereocenters. The molecule has 1 aliphatic rings. The molecule has 0 radical (unpaired) electrons. The predicted molar refractivity (Wildman–Crippen MR) is 138 cm³/mol. The standard InChI is InChI=1S/C23H34N4OS.HI/c1-4-28-17-19-11-9-18(10-12-19)15-25-23(24-2)26-16-20-7-5-13-27(3)22(20)21-8-6-14-29-21;/h6,8-12,14,20,22H,4-5,7,13,15-17H2,1-3H3,(H2,24,25,26);1H. The molecule has 166 valence electrons. The first-order chi connectivity index (χ1) is 14.2. The summed E-state index contributed by atoms with van der Waals surface area (Å²) >= 11 is 1.87. The number of ether oxygens (including phenoxy) is 1. The van der Waals surface area contributed by atoms with E-state index in [4.69, 9.17) is 4.74 Å². The highest BCUT2D eigenvalue weighted by molar-refractivity contribution is 14.0. The van der Waals surface area contributed by atoms with Crippen LogP contribution in [0.2, 0.25) is 0 Å². The van der Waals surface area contributed by atoms with Crippen LogP contribution in [0.4, 0.5) is 0 Å². The predicted octanol–water partition coefficient (Wildman–Crippen LogP) is 4.65. The van der Waals surface area contributed by atoms with Crippen molar-refractivity contribution in [2.45, 2.75) is 39.0 Å². The zero-order valence-electron chi connectivity index (χ0n) is 18.3. The molecule has 0 amide bonds. The van der Waals surface area contributed by atoms with Gasteiger partial charge >= 0.3 is 0 Å². The van der Waals surface area contributed by atoms with E-state index < -0.39 is 0 Å². The quantitative estimate of drug-likeness (QED) is 0.290. The number of rotatable bonds is 8. The molecule has 1 saturated heterocycles. The van der Waals surface area contributed by atoms with Crippen LogP contribution in [0, 0.1) is 5.92 Å². The van der Waals surface area contributed by atoms with E-state index >= 15 is 0 Å². The third-order valence-corrected chi connectivity index (χ3v) is 6.50. The van der Waals surface area contributed by atoms with Crippen LogP contribution in [0.3, 0.4) is 0 Å². The first-order valence-corrected chi connectivity index (χ1v) is 11.4. The molecule has 3 rings (SSSR count). The first-order valence-electron chi connectivity index (χ1n) is 10.5. The van der Waals surface area contributed by atoms with Crippen LogP contribution in [0.25, 0.3) is 0 Å². The van der Waals surface area contributed by atoms with Gasteiger partial charge in [-0.25, -0.2) is 0 Å². The molecule has 7 heteroatoms. The summed E-state index contributed by atoms with van der Waals surface area (Å²) in [6.45, 7) is 6.30. The van der Waals surface area contributed by atoms with Crippen LogP contribution in [0.5, 0.6) is 0 Å². The van der Waals surface area contributed by atoms with Gasteiger partial charge in [0, 0.05) is 37.7 Å². The number of nitrogens with zero attached hydrogens (tertiary/aromatic N) is 2. The highest BCUT2D eigenvalue weighted by atomic mass is 127. The molecule has 2 N–H and O–H groups in total. The van der Waals surface area contributed by atoms with Crippen molar-refractivity contribution in [3.8, 4) is 0 Å². The Morgan fingerprint density at radius 2 is 1.97 bits per heavy atom. The number of piperidine rings is 1. The SMILES string of the molecule is CCOCc1ccc(CNC(=NC)NCC2CCCN(C)C2c2cccs2)cc1.I. The molecule has 1 aromatic heterocycles. The molecule has 1 aromatic carbocycles. The lowest BCUT2D eigenvalue weighted by atomic mass is 9.88. The summed E-state index contributed by atoms with van der Waals surface area (Å²) in [6.07, 6.45) is 2.50. The molecule has 2 unspecified atom stereocenters. The van der Waals surface area contributed by atoms with Crippen LogP contribution in [0.15, 0.2) is 46.8 Å². The third kappa shape index (κ3) is 7.21. The van der Waals surface area contributed by atoms with Crippen molar-refractivity contribution in [1.82, 2.24) is 15.5 Å². The topological polar surface area (TPSA) is 48.9 Å². The van der Waals surface area contributed by atoms with Gasteiger partial charge in [-0.15, -0.1) is 35.3 Å². The average Bonchev–Trinajstić information content (AvgIpc) is 3.27. The van der Waals surface area contributed by atoms with Crippen molar-refractivity contribution >= 4 is 41.3 Å². The van der Waals surface area contributed by atoms with Gasteiger partial charge in [-0.05, 0) is 61.8 Å². The second-order valence-corrected chi connectivity index (χ2v) is 8.58. The summed E-state index contributed by atoms with van der Waals surface area (Å²) in [5.41, 5.74) is 2.45. The van der Waals surface area contributed by atoms with E-state index in [1.165, 1.54) is 35.4 Å². The summed E-state index contributed by atoms with van der Waals surface area (Å²) < 4.78 is 5.46. The highest BCUT2D eigenvalue weighted by Crippen LogP contribution is 2.36. The molecule has 2 aromatic rings. The number of nitrogens with one attached hydrogen (secondary N) is 2. The van der Waals surface area contributed by atoms with Crippen LogP contribution in [0.1, 0.15) is 41.8 Å². The Labute approximate surface area is 202 Å². The largest absolute Gasteiger partial charge is 0.377 e. The maximum absolute atomic E-state index is 5.46. The van der Waals surface area contributed by atoms with Gasteiger partial charge in [-0.2, -0.15) is 0 Å². The van der Waals surface area contributed by atoms with Crippen molar-refractivity contribution in [2.75, 3.05) is 33.8 Å². The molecule has 1 aliphatic heterocycles. The van der Waals surface area contributed by atoms with Crippen molar-refractivity contribution in [2.24, 2.45) is 10.9 Å². The Kier molecular flexibility index (Phi) is 11.1. The van der Waals surface area contributed by atoms with Crippen molar-refractivity contribution in [3.63, 3.8) is 0 Å². The van der Waals surface area contributed by atoms with E-state index in [-0.39, 0.29) is 24.0 Å². The summed E-state index contributed by atoms with van der Waals surface area (Å²) in [5.74, 6) is 1.45. The van der Waals surface area contributed by atoms with Crippen molar-refractivity contribution in [3.05, 3.63) is 57.8 Å². The minimum atomic E-state index is 0. The number of halogens is 1. The fourth-order valence-electron chi connectivity index (χ4n) is 3.99. The van der Waals surface area contributed by atoms with E-state index in [0.29, 0.717) is 18.6 Å². The number of hydrogen-bond donors (Lipinski definition) is 2. The molecule has 0 aliphatic carbocycles. The Balaban J connectivity index is 0.00000320. The number of aliphatic imine (C=N–C) groups is 1. The van der Waals surface area contributed by atoms with Gasteiger partial charge in [0.25, 0.3) is 0 Å². The number of hydrogen-bond acceptors (Lipinski definition) is 4. The summed E-state index contributed by atoms with van der Waals surface area (Å²) in [4.78, 5) is 8.38. The number of guanidine groups is 1. The zero-order chi connectivity index (χ0) is 20.5. The lowest BCUT2D eigenvalue weighted by molar-refractivity contribution is 0.125. The summed E-state index contributed by atoms with van der Waals surface area (Å²) in [5, 5.41) is 9.19. The zero-order valence-corrected chi connectivity index (χ0v) is 21.4. The molecule has 2 heterocycles. The van der Waals surface area contributed by atoms with Gasteiger partial charge in [0.05, 0.1) is 6.61 Å². The van der Waals surface area contributed by atoms with Gasteiger partial charge in [-0.3, -0.25) is 9.89 Å². The minimum absolute atomic E-state index is 0.